The first-order valence-corrected chi connectivity index (χ1v) is 6.90. The van der Waals surface area contributed by atoms with Gasteiger partial charge in [0.05, 0.1) is 12.3 Å². The van der Waals surface area contributed by atoms with Crippen molar-refractivity contribution in [3.05, 3.63) is 47.4 Å². The molecule has 0 unspecified atom stereocenters. The molecule has 2 aromatic heterocycles. The second-order valence-electron chi connectivity index (χ2n) is 4.14. The summed E-state index contributed by atoms with van der Waals surface area (Å²) in [5.74, 6) is -0.620. The molecule has 0 aliphatic carbocycles. The Morgan fingerprint density at radius 3 is 2.75 bits per heavy atom. The van der Waals surface area contributed by atoms with Gasteiger partial charge < -0.3 is 4.74 Å². The molecule has 0 bridgehead atoms. The molecule has 0 aliphatic heterocycles. The van der Waals surface area contributed by atoms with Gasteiger partial charge in [0.1, 0.15) is 10.7 Å². The van der Waals surface area contributed by atoms with Gasteiger partial charge in [-0.1, -0.05) is 11.3 Å². The van der Waals surface area contributed by atoms with Crippen molar-refractivity contribution in [1.82, 2.24) is 9.38 Å². The minimum Gasteiger partial charge on any atom is -0.462 e. The predicted octanol–water partition coefficient (Wildman–Crippen LogP) is 3.38. The quantitative estimate of drug-likeness (QED) is 0.695. The van der Waals surface area contributed by atoms with Crippen LogP contribution < -0.4 is 0 Å². The van der Waals surface area contributed by atoms with Gasteiger partial charge in [-0.2, -0.15) is 0 Å². The summed E-state index contributed by atoms with van der Waals surface area (Å²) in [6.45, 7) is 2.11. The molecule has 2 heterocycles. The van der Waals surface area contributed by atoms with Gasteiger partial charge in [-0.3, -0.25) is 4.40 Å². The fraction of sp³-hybridized carbons (Fsp3) is 0.143. The number of carbonyl (C=O) groups excluding carboxylic acids is 1. The smallest absolute Gasteiger partial charge is 0.349 e. The molecule has 20 heavy (non-hydrogen) atoms. The lowest BCUT2D eigenvalue weighted by Gasteiger charge is -1.96. The Morgan fingerprint density at radius 1 is 1.35 bits per heavy atom. The highest BCUT2D eigenvalue weighted by Crippen LogP contribution is 2.24. The Bertz CT molecular complexity index is 730. The van der Waals surface area contributed by atoms with Gasteiger partial charge in [-0.15, -0.1) is 0 Å². The number of ether oxygens (including phenoxy) is 1. The number of thiazole rings is 1. The second-order valence-corrected chi connectivity index (χ2v) is 5.15. The summed E-state index contributed by atoms with van der Waals surface area (Å²) >= 11 is 1.27. The van der Waals surface area contributed by atoms with Crippen LogP contribution in [-0.2, 0) is 4.74 Å². The number of benzene rings is 1. The summed E-state index contributed by atoms with van der Waals surface area (Å²) < 4.78 is 19.6. The minimum atomic E-state index is -0.341. The lowest BCUT2D eigenvalue weighted by molar-refractivity contribution is 0.0531. The topological polar surface area (TPSA) is 43.6 Å². The van der Waals surface area contributed by atoms with Crippen molar-refractivity contribution in [2.75, 3.05) is 6.61 Å². The van der Waals surface area contributed by atoms with Crippen LogP contribution in [0.2, 0.25) is 0 Å². The third-order valence-electron chi connectivity index (χ3n) is 2.77. The SMILES string of the molecule is CCOC(=O)c1cn2cc(-c3ccc(F)cc3)nc2s1. The number of nitrogens with zero attached hydrogens (tertiary/aromatic N) is 2. The molecule has 3 rings (SSSR count). The monoisotopic (exact) mass is 290 g/mol. The Morgan fingerprint density at radius 2 is 2.10 bits per heavy atom. The van der Waals surface area contributed by atoms with E-state index in [0.29, 0.717) is 16.4 Å². The van der Waals surface area contributed by atoms with E-state index in [1.807, 2.05) is 6.20 Å². The maximum absolute atomic E-state index is 12.9. The number of halogens is 1. The van der Waals surface area contributed by atoms with Crippen molar-refractivity contribution in [3.8, 4) is 11.3 Å². The number of aromatic nitrogens is 2. The molecule has 0 atom stereocenters. The zero-order chi connectivity index (χ0) is 14.1. The number of esters is 1. The summed E-state index contributed by atoms with van der Waals surface area (Å²) in [5.41, 5.74) is 1.58. The Labute approximate surface area is 118 Å². The van der Waals surface area contributed by atoms with Crippen LogP contribution >= 0.6 is 11.3 Å². The van der Waals surface area contributed by atoms with E-state index in [9.17, 15) is 9.18 Å². The highest BCUT2D eigenvalue weighted by atomic mass is 32.1. The van der Waals surface area contributed by atoms with Gasteiger partial charge in [-0.05, 0) is 31.2 Å². The van der Waals surface area contributed by atoms with Crippen molar-refractivity contribution in [2.24, 2.45) is 0 Å². The summed E-state index contributed by atoms with van der Waals surface area (Å²) in [7, 11) is 0. The molecular formula is C14H11FN2O2S. The van der Waals surface area contributed by atoms with Crippen molar-refractivity contribution < 1.29 is 13.9 Å². The van der Waals surface area contributed by atoms with Crippen LogP contribution in [0.15, 0.2) is 36.7 Å². The van der Waals surface area contributed by atoms with Crippen LogP contribution in [0.3, 0.4) is 0 Å². The van der Waals surface area contributed by atoms with Gasteiger partial charge in [-0.25, -0.2) is 14.2 Å². The van der Waals surface area contributed by atoms with E-state index in [2.05, 4.69) is 4.98 Å². The Kier molecular flexibility index (Phi) is 3.23. The van der Waals surface area contributed by atoms with Crippen molar-refractivity contribution in [2.45, 2.75) is 6.92 Å². The van der Waals surface area contributed by atoms with E-state index in [0.717, 1.165) is 11.3 Å². The van der Waals surface area contributed by atoms with Gasteiger partial charge >= 0.3 is 5.97 Å². The minimum absolute atomic E-state index is 0.278. The predicted molar refractivity (Wildman–Crippen MR) is 74.4 cm³/mol. The summed E-state index contributed by atoms with van der Waals surface area (Å²) in [6, 6.07) is 6.14. The molecule has 6 heteroatoms. The number of hydrogen-bond acceptors (Lipinski definition) is 4. The number of imidazole rings is 1. The summed E-state index contributed by atoms with van der Waals surface area (Å²) in [6.07, 6.45) is 3.50. The van der Waals surface area contributed by atoms with E-state index in [1.54, 1.807) is 29.7 Å². The van der Waals surface area contributed by atoms with Crippen LogP contribution in [0.5, 0.6) is 0 Å². The fourth-order valence-corrected chi connectivity index (χ4v) is 2.71. The van der Waals surface area contributed by atoms with E-state index < -0.39 is 0 Å². The molecule has 0 fully saturated rings. The third kappa shape index (κ3) is 2.30. The molecule has 102 valence electrons. The van der Waals surface area contributed by atoms with Crippen LogP contribution in [0.25, 0.3) is 16.2 Å². The normalized spacial score (nSPS) is 10.9. The molecule has 3 aromatic rings. The van der Waals surface area contributed by atoms with Gasteiger partial charge in [0.25, 0.3) is 0 Å². The van der Waals surface area contributed by atoms with Crippen LogP contribution in [0, 0.1) is 5.82 Å². The second kappa shape index (κ2) is 5.05. The van der Waals surface area contributed by atoms with E-state index in [-0.39, 0.29) is 11.8 Å². The first-order valence-electron chi connectivity index (χ1n) is 6.09. The van der Waals surface area contributed by atoms with Gasteiger partial charge in [0, 0.05) is 18.0 Å². The lowest BCUT2D eigenvalue weighted by atomic mass is 10.2. The standard InChI is InChI=1S/C14H11FN2O2S/c1-2-19-13(18)12-8-17-7-11(16-14(17)20-12)9-3-5-10(15)6-4-9/h3-8H,2H2,1H3. The number of rotatable bonds is 3. The Hall–Kier alpha value is -2.21. The van der Waals surface area contributed by atoms with E-state index >= 15 is 0 Å². The molecule has 0 amide bonds. The highest BCUT2D eigenvalue weighted by Gasteiger charge is 2.14. The van der Waals surface area contributed by atoms with Crippen LogP contribution in [-0.4, -0.2) is 22.0 Å². The fourth-order valence-electron chi connectivity index (χ4n) is 1.85. The van der Waals surface area contributed by atoms with Crippen LogP contribution in [0.4, 0.5) is 4.39 Å². The molecule has 0 radical (unpaired) electrons. The first kappa shape index (κ1) is 12.8. The molecule has 1 aromatic carbocycles. The zero-order valence-corrected chi connectivity index (χ0v) is 11.5. The molecule has 0 saturated heterocycles. The number of carbonyl (C=O) groups is 1. The molecule has 0 spiro atoms. The molecular weight excluding hydrogens is 279 g/mol. The summed E-state index contributed by atoms with van der Waals surface area (Å²) in [5, 5.41) is 0. The van der Waals surface area contributed by atoms with Crippen molar-refractivity contribution >= 4 is 22.3 Å². The number of fused-ring (bicyclic) bond motifs is 1. The Balaban J connectivity index is 1.94. The van der Waals surface area contributed by atoms with Crippen LogP contribution in [0.1, 0.15) is 16.6 Å². The summed E-state index contributed by atoms with van der Waals surface area (Å²) in [4.78, 5) is 17.3. The largest absolute Gasteiger partial charge is 0.462 e. The van der Waals surface area contributed by atoms with Gasteiger partial charge in [0.15, 0.2) is 4.96 Å². The van der Waals surface area contributed by atoms with E-state index in [1.165, 1.54) is 23.5 Å². The zero-order valence-electron chi connectivity index (χ0n) is 10.7. The lowest BCUT2D eigenvalue weighted by Crippen LogP contribution is -2.01. The maximum atomic E-state index is 12.9. The molecule has 0 aliphatic rings. The number of hydrogen-bond donors (Lipinski definition) is 0. The maximum Gasteiger partial charge on any atom is 0.349 e. The highest BCUT2D eigenvalue weighted by molar-refractivity contribution is 7.18. The molecule has 0 saturated carbocycles. The third-order valence-corrected chi connectivity index (χ3v) is 3.75. The first-order chi connectivity index (χ1) is 9.67. The molecule has 0 N–H and O–H groups in total. The van der Waals surface area contributed by atoms with Gasteiger partial charge in [0.2, 0.25) is 0 Å². The average Bonchev–Trinajstić information content (AvgIpc) is 2.98. The molecule has 4 nitrogen and oxygen atoms in total. The van der Waals surface area contributed by atoms with E-state index in [4.69, 9.17) is 4.74 Å². The van der Waals surface area contributed by atoms with Crippen molar-refractivity contribution in [3.63, 3.8) is 0 Å². The average molecular weight is 290 g/mol. The van der Waals surface area contributed by atoms with Crippen molar-refractivity contribution in [1.29, 1.82) is 0 Å².